The predicted octanol–water partition coefficient (Wildman–Crippen LogP) is 8.44. The number of anilines is 2. The quantitative estimate of drug-likeness (QED) is 0.146. The third-order valence-corrected chi connectivity index (χ3v) is 9.94. The molecule has 246 valence electrons. The number of thiophene rings is 1. The van der Waals surface area contributed by atoms with E-state index in [1.165, 1.54) is 11.3 Å². The van der Waals surface area contributed by atoms with Crippen molar-refractivity contribution in [2.75, 3.05) is 17.2 Å². The van der Waals surface area contributed by atoms with Crippen LogP contribution in [0.1, 0.15) is 49.6 Å². The molecule has 9 nitrogen and oxygen atoms in total. The number of benzene rings is 3. The van der Waals surface area contributed by atoms with Crippen molar-refractivity contribution in [2.45, 2.75) is 32.2 Å². The summed E-state index contributed by atoms with van der Waals surface area (Å²) < 4.78 is 7.28. The number of aromatic nitrogens is 3. The molecule has 0 saturated carbocycles. The highest BCUT2D eigenvalue weighted by Gasteiger charge is 2.27. The highest BCUT2D eigenvalue weighted by molar-refractivity contribution is 7.17. The van der Waals surface area contributed by atoms with Crippen molar-refractivity contribution in [1.29, 1.82) is 0 Å². The maximum atomic E-state index is 13.6. The Morgan fingerprint density at radius 1 is 0.878 bits per heavy atom. The summed E-state index contributed by atoms with van der Waals surface area (Å²) in [6.07, 6.45) is 5.12. The van der Waals surface area contributed by atoms with Gasteiger partial charge >= 0.3 is 5.97 Å². The van der Waals surface area contributed by atoms with Crippen LogP contribution in [0, 0.1) is 0 Å². The van der Waals surface area contributed by atoms with Gasteiger partial charge in [-0.1, -0.05) is 65.7 Å². The molecule has 0 spiro atoms. The van der Waals surface area contributed by atoms with Crippen molar-refractivity contribution in [1.82, 2.24) is 14.8 Å². The van der Waals surface area contributed by atoms with Crippen molar-refractivity contribution >= 4 is 74.0 Å². The zero-order valence-electron chi connectivity index (χ0n) is 26.0. The Bertz CT molecular complexity index is 2180. The van der Waals surface area contributed by atoms with Crippen LogP contribution >= 0.6 is 34.5 Å². The van der Waals surface area contributed by atoms with Gasteiger partial charge in [-0.25, -0.2) is 14.5 Å². The number of hydrogen-bond donors (Lipinski definition) is 2. The van der Waals surface area contributed by atoms with Gasteiger partial charge in [-0.2, -0.15) is 5.10 Å². The number of ether oxygens (including phenoxy) is 1. The van der Waals surface area contributed by atoms with Gasteiger partial charge in [0.2, 0.25) is 0 Å². The zero-order chi connectivity index (χ0) is 33.9. The second kappa shape index (κ2) is 14.2. The average Bonchev–Trinajstić information content (AvgIpc) is 3.69. The SMILES string of the molecule is O=C(COC(=O)c1cc(-c2ccccc2)nc2c1cnn2Cc1ccc(Cl)cc1)Nc1sc2c(c1C(=O)Nc1ccc(Cl)cc1)CCCC2. The van der Waals surface area contributed by atoms with Crippen LogP contribution in [-0.2, 0) is 28.9 Å². The molecule has 49 heavy (non-hydrogen) atoms. The highest BCUT2D eigenvalue weighted by atomic mass is 35.5. The Morgan fingerprint density at radius 3 is 2.35 bits per heavy atom. The summed E-state index contributed by atoms with van der Waals surface area (Å²) in [5.74, 6) is -1.58. The number of amides is 2. The average molecular weight is 711 g/mol. The Balaban J connectivity index is 1.12. The van der Waals surface area contributed by atoms with Gasteiger partial charge in [-0.05, 0) is 79.3 Å². The molecule has 3 aromatic carbocycles. The van der Waals surface area contributed by atoms with Gasteiger partial charge in [-0.3, -0.25) is 9.59 Å². The fourth-order valence-electron chi connectivity index (χ4n) is 5.84. The lowest BCUT2D eigenvalue weighted by Crippen LogP contribution is -2.23. The number of carbonyl (C=O) groups excluding carboxylic acids is 3. The molecule has 0 saturated heterocycles. The fraction of sp³-hybridized carbons (Fsp3) is 0.162. The number of halogens is 2. The van der Waals surface area contributed by atoms with Gasteiger partial charge in [0, 0.05) is 26.2 Å². The van der Waals surface area contributed by atoms with E-state index >= 15 is 0 Å². The summed E-state index contributed by atoms with van der Waals surface area (Å²) >= 11 is 13.5. The number of rotatable bonds is 9. The largest absolute Gasteiger partial charge is 0.452 e. The number of nitrogens with zero attached hydrogens (tertiary/aromatic N) is 3. The Labute approximate surface area is 295 Å². The molecule has 2 amide bonds. The van der Waals surface area contributed by atoms with Crippen LogP contribution in [0.3, 0.4) is 0 Å². The Kier molecular flexibility index (Phi) is 9.43. The minimum atomic E-state index is -0.697. The molecule has 0 bridgehead atoms. The summed E-state index contributed by atoms with van der Waals surface area (Å²) in [6, 6.07) is 25.4. The summed E-state index contributed by atoms with van der Waals surface area (Å²) in [7, 11) is 0. The van der Waals surface area contributed by atoms with Gasteiger partial charge in [0.15, 0.2) is 12.3 Å². The van der Waals surface area contributed by atoms with Gasteiger partial charge in [-0.15, -0.1) is 11.3 Å². The standard InChI is InChI=1S/C37H29Cl2N5O4S/c38-24-12-10-22(11-13-24)20-44-34-29(19-40-44)28(18-30(42-34)23-6-2-1-3-7-23)37(47)48-21-32(45)43-36-33(27-8-4-5-9-31(27)49-36)35(46)41-26-16-14-25(39)15-17-26/h1-3,6-7,10-19H,4-5,8-9,20-21H2,(H,41,46)(H,43,45). The maximum absolute atomic E-state index is 13.6. The molecule has 0 fully saturated rings. The lowest BCUT2D eigenvalue weighted by Gasteiger charge is -2.13. The lowest BCUT2D eigenvalue weighted by atomic mass is 9.95. The van der Waals surface area contributed by atoms with Crippen molar-refractivity contribution in [3.05, 3.63) is 128 Å². The number of carbonyl (C=O) groups is 3. The fourth-order valence-corrected chi connectivity index (χ4v) is 7.40. The Morgan fingerprint density at radius 2 is 1.59 bits per heavy atom. The number of aryl methyl sites for hydroxylation is 1. The number of hydrogen-bond acceptors (Lipinski definition) is 7. The van der Waals surface area contributed by atoms with E-state index in [-0.39, 0.29) is 11.5 Å². The third-order valence-electron chi connectivity index (χ3n) is 8.23. The van der Waals surface area contributed by atoms with Gasteiger partial charge in [0.25, 0.3) is 11.8 Å². The van der Waals surface area contributed by atoms with E-state index < -0.39 is 18.5 Å². The molecular formula is C37H29Cl2N5O4S. The monoisotopic (exact) mass is 709 g/mol. The number of esters is 1. The lowest BCUT2D eigenvalue weighted by molar-refractivity contribution is -0.119. The molecule has 0 atom stereocenters. The summed E-state index contributed by atoms with van der Waals surface area (Å²) in [5.41, 5.74) is 5.01. The summed E-state index contributed by atoms with van der Waals surface area (Å²) in [6.45, 7) is -0.148. The molecule has 1 aliphatic rings. The van der Waals surface area contributed by atoms with Crippen LogP contribution in [0.15, 0.2) is 91.1 Å². The molecule has 0 aliphatic heterocycles. The van der Waals surface area contributed by atoms with Crippen LogP contribution in [0.25, 0.3) is 22.3 Å². The smallest absolute Gasteiger partial charge is 0.339 e. The molecular weight excluding hydrogens is 681 g/mol. The second-order valence-corrected chi connectivity index (χ2v) is 13.6. The van der Waals surface area contributed by atoms with Crippen LogP contribution in [0.4, 0.5) is 10.7 Å². The molecule has 3 heterocycles. The molecule has 3 aromatic heterocycles. The van der Waals surface area contributed by atoms with E-state index in [1.54, 1.807) is 53.3 Å². The van der Waals surface area contributed by atoms with Gasteiger partial charge < -0.3 is 15.4 Å². The first-order chi connectivity index (χ1) is 23.8. The molecule has 6 aromatic rings. The van der Waals surface area contributed by atoms with Crippen LogP contribution < -0.4 is 10.6 Å². The van der Waals surface area contributed by atoms with Crippen LogP contribution in [-0.4, -0.2) is 39.2 Å². The van der Waals surface area contributed by atoms with Gasteiger partial charge in [0.05, 0.1) is 34.9 Å². The first kappa shape index (κ1) is 32.5. The van der Waals surface area contributed by atoms with Crippen LogP contribution in [0.2, 0.25) is 10.0 Å². The van der Waals surface area contributed by atoms with E-state index in [4.69, 9.17) is 32.9 Å². The minimum absolute atomic E-state index is 0.230. The summed E-state index contributed by atoms with van der Waals surface area (Å²) in [4.78, 5) is 46.3. The first-order valence-corrected chi connectivity index (χ1v) is 17.2. The molecule has 0 unspecified atom stereocenters. The first-order valence-electron chi connectivity index (χ1n) is 15.7. The van der Waals surface area contributed by atoms with E-state index in [9.17, 15) is 14.4 Å². The van der Waals surface area contributed by atoms with Crippen LogP contribution in [0.5, 0.6) is 0 Å². The number of nitrogens with one attached hydrogen (secondary N) is 2. The molecule has 7 rings (SSSR count). The van der Waals surface area contributed by atoms with Crippen molar-refractivity contribution < 1.29 is 19.1 Å². The van der Waals surface area contributed by atoms with E-state index in [0.717, 1.165) is 47.3 Å². The normalized spacial score (nSPS) is 12.4. The maximum Gasteiger partial charge on any atom is 0.339 e. The number of pyridine rings is 1. The van der Waals surface area contributed by atoms with Crippen molar-refractivity contribution in [2.24, 2.45) is 0 Å². The molecule has 12 heteroatoms. The molecule has 1 aliphatic carbocycles. The van der Waals surface area contributed by atoms with E-state index in [0.29, 0.717) is 49.6 Å². The molecule has 0 radical (unpaired) electrons. The second-order valence-electron chi connectivity index (χ2n) is 11.6. The molecule has 2 N–H and O–H groups in total. The van der Waals surface area contributed by atoms with E-state index in [1.807, 2.05) is 42.5 Å². The highest BCUT2D eigenvalue weighted by Crippen LogP contribution is 2.38. The Hall–Kier alpha value is -5.03. The third kappa shape index (κ3) is 7.22. The van der Waals surface area contributed by atoms with E-state index in [2.05, 4.69) is 15.7 Å². The predicted molar refractivity (Wildman–Crippen MR) is 193 cm³/mol. The number of fused-ring (bicyclic) bond motifs is 2. The minimum Gasteiger partial charge on any atom is -0.452 e. The van der Waals surface area contributed by atoms with Crippen molar-refractivity contribution in [3.63, 3.8) is 0 Å². The van der Waals surface area contributed by atoms with Gasteiger partial charge in [0.1, 0.15) is 5.00 Å². The topological polar surface area (TPSA) is 115 Å². The zero-order valence-corrected chi connectivity index (χ0v) is 28.4. The van der Waals surface area contributed by atoms with Crippen molar-refractivity contribution in [3.8, 4) is 11.3 Å². The summed E-state index contributed by atoms with van der Waals surface area (Å²) in [5, 5.41) is 12.4.